The fourth-order valence-corrected chi connectivity index (χ4v) is 3.60. The van der Waals surface area contributed by atoms with Crippen LogP contribution >= 0.6 is 0 Å². The monoisotopic (exact) mass is 452 g/mol. The zero-order valence-corrected chi connectivity index (χ0v) is 17.7. The van der Waals surface area contributed by atoms with Gasteiger partial charge in [-0.15, -0.1) is 0 Å². The van der Waals surface area contributed by atoms with Gasteiger partial charge in [0.25, 0.3) is 17.7 Å². The van der Waals surface area contributed by atoms with Crippen molar-refractivity contribution in [1.82, 2.24) is 10.0 Å². The minimum absolute atomic E-state index is 0.0137. The molecule has 4 rings (SSSR count). The van der Waals surface area contributed by atoms with E-state index in [1.807, 2.05) is 0 Å². The number of halogens is 2. The molecule has 0 aliphatic carbocycles. The van der Waals surface area contributed by atoms with Crippen LogP contribution in [0.1, 0.15) is 36.6 Å². The summed E-state index contributed by atoms with van der Waals surface area (Å²) >= 11 is 0. The zero-order valence-electron chi connectivity index (χ0n) is 17.7. The van der Waals surface area contributed by atoms with Crippen LogP contribution < -0.4 is 9.47 Å². The van der Waals surface area contributed by atoms with Crippen LogP contribution in [0.15, 0.2) is 60.7 Å². The maximum absolute atomic E-state index is 13.4. The molecule has 3 aromatic rings. The molecule has 0 saturated heterocycles. The first-order valence-electron chi connectivity index (χ1n) is 9.81. The van der Waals surface area contributed by atoms with Crippen LogP contribution in [0.25, 0.3) is 0 Å². The Morgan fingerprint density at radius 1 is 0.818 bits per heavy atom. The average molecular weight is 452 g/mol. The third kappa shape index (κ3) is 3.89. The van der Waals surface area contributed by atoms with Gasteiger partial charge in [0.15, 0.2) is 11.5 Å². The summed E-state index contributed by atoms with van der Waals surface area (Å²) in [6.45, 7) is -0.103. The molecule has 9 heteroatoms. The molecule has 0 radical (unpaired) electrons. The lowest BCUT2D eigenvalue weighted by molar-refractivity contribution is 0.00138. The molecule has 0 saturated carbocycles. The lowest BCUT2D eigenvalue weighted by atomic mass is 10.1. The Kier molecular flexibility index (Phi) is 5.78. The standard InChI is InChI=1S/C24H18F2N2O5/c1-32-19-12-7-16-13-27(24(31)20(16)21(19)33-2)28(22(29)14-3-8-17(25)9-4-14)23(30)15-5-10-18(26)11-6-15/h3-12H,13H2,1-2H3. The van der Waals surface area contributed by atoms with Crippen molar-refractivity contribution in [2.24, 2.45) is 0 Å². The number of carbonyl (C=O) groups excluding carboxylic acids is 3. The molecule has 0 fully saturated rings. The van der Waals surface area contributed by atoms with E-state index < -0.39 is 29.4 Å². The van der Waals surface area contributed by atoms with E-state index in [-0.39, 0.29) is 29.0 Å². The van der Waals surface area contributed by atoms with Gasteiger partial charge in [-0.05, 0) is 60.2 Å². The molecule has 0 unspecified atom stereocenters. The minimum atomic E-state index is -0.851. The Hall–Kier alpha value is -4.27. The molecule has 7 nitrogen and oxygen atoms in total. The van der Waals surface area contributed by atoms with Crippen LogP contribution in [0.2, 0.25) is 0 Å². The molecule has 1 heterocycles. The Labute approximate surface area is 187 Å². The molecule has 3 aromatic carbocycles. The van der Waals surface area contributed by atoms with E-state index in [0.717, 1.165) is 29.3 Å². The number of ether oxygens (including phenoxy) is 2. The summed E-state index contributed by atoms with van der Waals surface area (Å²) in [6.07, 6.45) is 0. The molecule has 0 spiro atoms. The molecule has 1 aliphatic rings. The largest absolute Gasteiger partial charge is 0.493 e. The smallest absolute Gasteiger partial charge is 0.280 e. The Morgan fingerprint density at radius 3 is 1.79 bits per heavy atom. The number of carbonyl (C=O) groups is 3. The van der Waals surface area contributed by atoms with Crippen molar-refractivity contribution >= 4 is 17.7 Å². The molecule has 3 amide bonds. The Bertz CT molecular complexity index is 1190. The normalized spacial score (nSPS) is 12.4. The topological polar surface area (TPSA) is 76.2 Å². The quantitative estimate of drug-likeness (QED) is 0.550. The van der Waals surface area contributed by atoms with Gasteiger partial charge in [-0.1, -0.05) is 6.07 Å². The summed E-state index contributed by atoms with van der Waals surface area (Å²) in [7, 11) is 2.79. The van der Waals surface area contributed by atoms with Crippen molar-refractivity contribution < 1.29 is 32.6 Å². The van der Waals surface area contributed by atoms with Crippen molar-refractivity contribution in [1.29, 1.82) is 0 Å². The van der Waals surface area contributed by atoms with Gasteiger partial charge in [0.1, 0.15) is 11.6 Å². The second kappa shape index (κ2) is 8.70. The predicted molar refractivity (Wildman–Crippen MR) is 113 cm³/mol. The molecule has 1 aliphatic heterocycles. The summed E-state index contributed by atoms with van der Waals surface area (Å²) in [4.78, 5) is 40.1. The molecule has 0 aromatic heterocycles. The summed E-state index contributed by atoms with van der Waals surface area (Å²) in [5, 5.41) is 1.65. The summed E-state index contributed by atoms with van der Waals surface area (Å²) in [5.41, 5.74) is 0.641. The highest BCUT2D eigenvalue weighted by Gasteiger charge is 2.41. The van der Waals surface area contributed by atoms with E-state index in [2.05, 4.69) is 0 Å². The van der Waals surface area contributed by atoms with E-state index >= 15 is 0 Å². The molecular weight excluding hydrogens is 434 g/mol. The second-order valence-electron chi connectivity index (χ2n) is 7.13. The van der Waals surface area contributed by atoms with Crippen LogP contribution in [-0.2, 0) is 6.54 Å². The first-order chi connectivity index (χ1) is 15.8. The number of fused-ring (bicyclic) bond motifs is 1. The number of hydrazine groups is 1. The van der Waals surface area contributed by atoms with Crippen molar-refractivity contribution in [2.75, 3.05) is 14.2 Å². The molecular formula is C24H18F2N2O5. The maximum atomic E-state index is 13.4. The fourth-order valence-electron chi connectivity index (χ4n) is 3.60. The fraction of sp³-hybridized carbons (Fsp3) is 0.125. The number of rotatable bonds is 5. The third-order valence-corrected chi connectivity index (χ3v) is 5.21. The number of methoxy groups -OCH3 is 2. The van der Waals surface area contributed by atoms with Gasteiger partial charge in [0.05, 0.1) is 26.3 Å². The summed E-state index contributed by atoms with van der Waals surface area (Å²) < 4.78 is 37.4. The average Bonchev–Trinajstić information content (AvgIpc) is 3.15. The lowest BCUT2D eigenvalue weighted by Gasteiger charge is -2.30. The summed E-state index contributed by atoms with van der Waals surface area (Å²) in [5.74, 6) is -3.01. The Balaban J connectivity index is 1.80. The van der Waals surface area contributed by atoms with Gasteiger partial charge in [0.2, 0.25) is 0 Å². The van der Waals surface area contributed by atoms with Crippen molar-refractivity contribution in [2.45, 2.75) is 6.54 Å². The summed E-state index contributed by atoms with van der Waals surface area (Å²) in [6, 6.07) is 12.4. The first kappa shape index (κ1) is 21.9. The first-order valence-corrected chi connectivity index (χ1v) is 9.81. The SMILES string of the molecule is COc1ccc2c(c1OC)C(=O)N(N(C(=O)c1ccc(F)cc1)C(=O)c1ccc(F)cc1)C2. The van der Waals surface area contributed by atoms with Crippen LogP contribution in [0.4, 0.5) is 8.78 Å². The third-order valence-electron chi connectivity index (χ3n) is 5.21. The van der Waals surface area contributed by atoms with Crippen molar-refractivity contribution in [3.05, 3.63) is 94.6 Å². The Morgan fingerprint density at radius 2 is 1.33 bits per heavy atom. The highest BCUT2D eigenvalue weighted by Crippen LogP contribution is 2.39. The molecule has 168 valence electrons. The zero-order chi connectivity index (χ0) is 23.7. The van der Waals surface area contributed by atoms with Gasteiger partial charge in [0, 0.05) is 11.1 Å². The highest BCUT2D eigenvalue weighted by atomic mass is 19.1. The minimum Gasteiger partial charge on any atom is -0.493 e. The number of amides is 3. The van der Waals surface area contributed by atoms with E-state index in [1.165, 1.54) is 38.5 Å². The van der Waals surface area contributed by atoms with Crippen LogP contribution in [0, 0.1) is 11.6 Å². The maximum Gasteiger partial charge on any atom is 0.280 e. The molecule has 0 N–H and O–H groups in total. The van der Waals surface area contributed by atoms with Crippen molar-refractivity contribution in [3.8, 4) is 11.5 Å². The van der Waals surface area contributed by atoms with Crippen LogP contribution in [-0.4, -0.2) is 42.0 Å². The van der Waals surface area contributed by atoms with E-state index in [9.17, 15) is 23.2 Å². The predicted octanol–water partition coefficient (Wildman–Crippen LogP) is 3.84. The van der Waals surface area contributed by atoms with Gasteiger partial charge in [-0.2, -0.15) is 5.01 Å². The number of benzene rings is 3. The number of imide groups is 1. The van der Waals surface area contributed by atoms with Crippen molar-refractivity contribution in [3.63, 3.8) is 0 Å². The van der Waals surface area contributed by atoms with E-state index in [1.54, 1.807) is 12.1 Å². The number of nitrogens with zero attached hydrogens (tertiary/aromatic N) is 2. The lowest BCUT2D eigenvalue weighted by Crippen LogP contribution is -2.50. The molecule has 0 bridgehead atoms. The van der Waals surface area contributed by atoms with Crippen LogP contribution in [0.5, 0.6) is 11.5 Å². The number of hydrogen-bond acceptors (Lipinski definition) is 5. The van der Waals surface area contributed by atoms with E-state index in [0.29, 0.717) is 16.3 Å². The van der Waals surface area contributed by atoms with Gasteiger partial charge >= 0.3 is 0 Å². The van der Waals surface area contributed by atoms with E-state index in [4.69, 9.17) is 9.47 Å². The van der Waals surface area contributed by atoms with Crippen LogP contribution in [0.3, 0.4) is 0 Å². The highest BCUT2D eigenvalue weighted by molar-refractivity contribution is 6.13. The van der Waals surface area contributed by atoms with Gasteiger partial charge < -0.3 is 9.47 Å². The second-order valence-corrected chi connectivity index (χ2v) is 7.13. The molecule has 0 atom stereocenters. The molecule has 33 heavy (non-hydrogen) atoms. The van der Waals surface area contributed by atoms with Gasteiger partial charge in [-0.3, -0.25) is 14.4 Å². The number of hydrogen-bond donors (Lipinski definition) is 0. The van der Waals surface area contributed by atoms with Gasteiger partial charge in [-0.25, -0.2) is 13.8 Å².